The predicted octanol–water partition coefficient (Wildman–Crippen LogP) is -5.06. The standard InChI is InChI=1S/C42H62N12O13/c1-5-21(2)35-39(65)49-25(12-13-29(43)56)36(62)50-27(17-30(44)57)37(63)51-28(40(66)54(23-8-9-23)20-34(61)53-42(3,4)41(67)47-19-31(45)58)18-46-32(59)14-15-33(60)48-26(38(64)52-35)16-22-6-10-24(55)11-7-22/h6-7,10-11,21,23,25-28,35,55H,5,8-9,12-20H2,1-4H3,(H2,43,56)(H2,44,57)(H2,45,58)(H,46,59)(H,47,67)(H,48,60)(H,49,65)(H,50,62)(H,51,63)(H,52,64)(H,53,61)/t21-,25-,26-,27-,28-,35-/m0/s1. The highest BCUT2D eigenvalue weighted by Gasteiger charge is 2.41. The van der Waals surface area contributed by atoms with Crippen molar-refractivity contribution in [3.8, 4) is 5.75 Å². The fraction of sp³-hybridized carbons (Fsp3) is 0.571. The van der Waals surface area contributed by atoms with Crippen molar-refractivity contribution >= 4 is 70.9 Å². The molecule has 6 atom stereocenters. The Morgan fingerprint density at radius 3 is 1.96 bits per heavy atom. The minimum atomic E-state index is -1.83. The SMILES string of the molecule is CC[C@H](C)[C@@H]1NC(=O)[C@H](Cc2ccc(O)cc2)NC(=O)CCC(=O)NC[C@@H](C(=O)N(CC(=O)NC(C)(C)C(=O)NCC(N)=O)C2CC2)NC(=O)[C@H](CC(N)=O)NC(=O)[C@H](CCC(N)=O)NC1=O. The summed E-state index contributed by atoms with van der Waals surface area (Å²) in [6.45, 7) is 4.19. The van der Waals surface area contributed by atoms with Gasteiger partial charge in [-0.3, -0.25) is 57.5 Å². The number of nitrogens with two attached hydrogens (primary N) is 3. The second-order valence-corrected chi connectivity index (χ2v) is 17.0. The average Bonchev–Trinajstić information content (AvgIpc) is 4.10. The number of nitrogens with zero attached hydrogens (tertiary/aromatic N) is 1. The van der Waals surface area contributed by atoms with E-state index in [1.807, 2.05) is 0 Å². The number of benzene rings is 1. The van der Waals surface area contributed by atoms with Crippen LogP contribution in [0.2, 0.25) is 0 Å². The Kier molecular flexibility index (Phi) is 20.0. The molecule has 0 unspecified atom stereocenters. The van der Waals surface area contributed by atoms with Gasteiger partial charge < -0.3 is 69.7 Å². The van der Waals surface area contributed by atoms with Gasteiger partial charge in [0.2, 0.25) is 70.9 Å². The summed E-state index contributed by atoms with van der Waals surface area (Å²) >= 11 is 0. The zero-order valence-corrected chi connectivity index (χ0v) is 37.9. The van der Waals surface area contributed by atoms with Crippen molar-refractivity contribution < 1.29 is 62.6 Å². The Labute approximate surface area is 385 Å². The number of phenolic OH excluding ortho intramolecular Hbond substituents is 1. The summed E-state index contributed by atoms with van der Waals surface area (Å²) in [5.41, 5.74) is 14.8. The van der Waals surface area contributed by atoms with E-state index >= 15 is 0 Å². The maximum absolute atomic E-state index is 14.3. The molecule has 1 aromatic rings. The molecule has 25 heteroatoms. The molecule has 15 N–H and O–H groups in total. The molecule has 25 nitrogen and oxygen atoms in total. The lowest BCUT2D eigenvalue weighted by atomic mass is 9.96. The van der Waals surface area contributed by atoms with Crippen molar-refractivity contribution in [2.75, 3.05) is 19.6 Å². The highest BCUT2D eigenvalue weighted by Crippen LogP contribution is 2.27. The number of carbonyl (C=O) groups is 12. The van der Waals surface area contributed by atoms with Crippen LogP contribution in [0, 0.1) is 5.92 Å². The number of hydrogen-bond acceptors (Lipinski definition) is 13. The van der Waals surface area contributed by atoms with Crippen LogP contribution in [0.4, 0.5) is 0 Å². The molecule has 2 aliphatic rings. The monoisotopic (exact) mass is 942 g/mol. The lowest BCUT2D eigenvalue weighted by Gasteiger charge is -2.31. The van der Waals surface area contributed by atoms with Crippen LogP contribution in [-0.2, 0) is 64.0 Å². The van der Waals surface area contributed by atoms with Crippen molar-refractivity contribution in [3.63, 3.8) is 0 Å². The molecule has 0 spiro atoms. The summed E-state index contributed by atoms with van der Waals surface area (Å²) in [6, 6.07) is -2.64. The summed E-state index contributed by atoms with van der Waals surface area (Å²) in [4.78, 5) is 159. The van der Waals surface area contributed by atoms with Crippen molar-refractivity contribution in [1.82, 2.24) is 47.4 Å². The molecule has 1 saturated heterocycles. The molecule has 2 fully saturated rings. The molecule has 1 saturated carbocycles. The molecule has 1 aliphatic carbocycles. The van der Waals surface area contributed by atoms with Crippen LogP contribution in [-0.4, -0.2) is 142 Å². The number of hydrogen-bond donors (Lipinski definition) is 12. The van der Waals surface area contributed by atoms with Gasteiger partial charge in [0.05, 0.1) is 19.5 Å². The lowest BCUT2D eigenvalue weighted by Crippen LogP contribution is -2.62. The topological polar surface area (TPSA) is 403 Å². The first-order valence-corrected chi connectivity index (χ1v) is 21.7. The van der Waals surface area contributed by atoms with E-state index in [4.69, 9.17) is 17.2 Å². The normalized spacial score (nSPS) is 21.9. The van der Waals surface area contributed by atoms with Gasteiger partial charge in [-0.2, -0.15) is 0 Å². The molecule has 368 valence electrons. The maximum atomic E-state index is 14.3. The van der Waals surface area contributed by atoms with Crippen molar-refractivity contribution in [3.05, 3.63) is 29.8 Å². The lowest BCUT2D eigenvalue weighted by molar-refractivity contribution is -0.142. The number of carbonyl (C=O) groups excluding carboxylic acids is 12. The molecule has 1 aliphatic heterocycles. The molecule has 1 aromatic carbocycles. The van der Waals surface area contributed by atoms with E-state index in [2.05, 4.69) is 42.5 Å². The average molecular weight is 943 g/mol. The van der Waals surface area contributed by atoms with E-state index < -0.39 is 170 Å². The Morgan fingerprint density at radius 2 is 1.37 bits per heavy atom. The molecule has 67 heavy (non-hydrogen) atoms. The Hall–Kier alpha value is -7.34. The van der Waals surface area contributed by atoms with E-state index in [9.17, 15) is 62.6 Å². The molecule has 3 rings (SSSR count). The largest absolute Gasteiger partial charge is 0.508 e. The van der Waals surface area contributed by atoms with Crippen LogP contribution in [0.15, 0.2) is 24.3 Å². The Balaban J connectivity index is 2.05. The number of rotatable bonds is 17. The van der Waals surface area contributed by atoms with Gasteiger partial charge in [0, 0.05) is 38.3 Å². The molecule has 1 heterocycles. The highest BCUT2D eigenvalue weighted by atomic mass is 16.3. The first kappa shape index (κ1) is 54.0. The number of aromatic hydroxyl groups is 1. The van der Waals surface area contributed by atoms with Gasteiger partial charge in [-0.05, 0) is 56.7 Å². The summed E-state index contributed by atoms with van der Waals surface area (Å²) < 4.78 is 0. The van der Waals surface area contributed by atoms with Crippen LogP contribution in [0.1, 0.15) is 84.6 Å². The minimum Gasteiger partial charge on any atom is -0.508 e. The van der Waals surface area contributed by atoms with Crippen LogP contribution < -0.4 is 59.7 Å². The smallest absolute Gasteiger partial charge is 0.247 e. The van der Waals surface area contributed by atoms with Crippen LogP contribution >= 0.6 is 0 Å². The highest BCUT2D eigenvalue weighted by molar-refractivity contribution is 5.99. The fourth-order valence-electron chi connectivity index (χ4n) is 6.76. The molecule has 12 amide bonds. The second kappa shape index (κ2) is 24.8. The van der Waals surface area contributed by atoms with Crippen molar-refractivity contribution in [2.24, 2.45) is 23.1 Å². The van der Waals surface area contributed by atoms with Gasteiger partial charge in [-0.15, -0.1) is 0 Å². The summed E-state index contributed by atoms with van der Waals surface area (Å²) in [7, 11) is 0. The van der Waals surface area contributed by atoms with Gasteiger partial charge >= 0.3 is 0 Å². The van der Waals surface area contributed by atoms with E-state index in [1.54, 1.807) is 13.8 Å². The van der Waals surface area contributed by atoms with Crippen LogP contribution in [0.5, 0.6) is 5.75 Å². The van der Waals surface area contributed by atoms with Gasteiger partial charge in [0.1, 0.15) is 41.5 Å². The van der Waals surface area contributed by atoms with Gasteiger partial charge in [-0.1, -0.05) is 32.4 Å². The third kappa shape index (κ3) is 17.9. The zero-order chi connectivity index (χ0) is 50.2. The molecular weight excluding hydrogens is 881 g/mol. The molecule has 0 aromatic heterocycles. The van der Waals surface area contributed by atoms with E-state index in [0.29, 0.717) is 24.8 Å². The maximum Gasteiger partial charge on any atom is 0.247 e. The summed E-state index contributed by atoms with van der Waals surface area (Å²) in [5.74, 6) is -11.6. The van der Waals surface area contributed by atoms with Gasteiger partial charge in [0.25, 0.3) is 0 Å². The quantitative estimate of drug-likeness (QED) is 0.0697. The van der Waals surface area contributed by atoms with E-state index in [1.165, 1.54) is 38.1 Å². The van der Waals surface area contributed by atoms with Gasteiger partial charge in [-0.25, -0.2) is 0 Å². The summed E-state index contributed by atoms with van der Waals surface area (Å²) in [5, 5.41) is 29.5. The van der Waals surface area contributed by atoms with E-state index in [0.717, 1.165) is 4.90 Å². The Bertz CT molecular complexity index is 2060. The van der Waals surface area contributed by atoms with E-state index in [-0.39, 0.29) is 12.2 Å². The predicted molar refractivity (Wildman–Crippen MR) is 235 cm³/mol. The van der Waals surface area contributed by atoms with Crippen LogP contribution in [0.25, 0.3) is 0 Å². The summed E-state index contributed by atoms with van der Waals surface area (Å²) in [6.07, 6.45) is -1.70. The molecule has 0 radical (unpaired) electrons. The minimum absolute atomic E-state index is 0.0669. The number of nitrogens with one attached hydrogen (secondary N) is 8. The van der Waals surface area contributed by atoms with Crippen LogP contribution in [0.3, 0.4) is 0 Å². The molecule has 0 bridgehead atoms. The third-order valence-electron chi connectivity index (χ3n) is 10.9. The van der Waals surface area contributed by atoms with Crippen molar-refractivity contribution in [2.45, 2.75) is 127 Å². The zero-order valence-electron chi connectivity index (χ0n) is 37.9. The third-order valence-corrected chi connectivity index (χ3v) is 10.9. The molecular formula is C42H62N12O13. The number of primary amides is 3. The number of phenols is 1. The Morgan fingerprint density at radius 1 is 0.776 bits per heavy atom. The first-order valence-electron chi connectivity index (χ1n) is 21.7. The second-order valence-electron chi connectivity index (χ2n) is 17.0. The number of amides is 12. The van der Waals surface area contributed by atoms with Crippen molar-refractivity contribution in [1.29, 1.82) is 0 Å². The fourth-order valence-corrected chi connectivity index (χ4v) is 6.76. The first-order chi connectivity index (χ1) is 31.4. The van der Waals surface area contributed by atoms with Gasteiger partial charge in [0.15, 0.2) is 0 Å².